The number of nitrogens with zero attached hydrogens (tertiary/aromatic N) is 8. The fourth-order valence-corrected chi connectivity index (χ4v) is 10.6. The molecular formula is C50H62F2N10. The fourth-order valence-electron chi connectivity index (χ4n) is 10.6. The molecule has 2 N–H and O–H groups in total. The van der Waals surface area contributed by atoms with Crippen LogP contribution >= 0.6 is 0 Å². The number of benzene rings is 2. The first kappa shape index (κ1) is 41.8. The summed E-state index contributed by atoms with van der Waals surface area (Å²) in [4.78, 5) is 19.9. The summed E-state index contributed by atoms with van der Waals surface area (Å²) in [6, 6.07) is 14.9. The molecule has 3 atom stereocenters. The maximum atomic E-state index is 15.6. The van der Waals surface area contributed by atoms with Crippen LogP contribution in [0.1, 0.15) is 93.6 Å². The molecule has 326 valence electrons. The van der Waals surface area contributed by atoms with E-state index in [-0.39, 0.29) is 5.56 Å². The number of aliphatic imine (C=N–C) groups is 1. The van der Waals surface area contributed by atoms with Crippen molar-refractivity contribution >= 4 is 34.4 Å². The third-order valence-corrected chi connectivity index (χ3v) is 14.1. The molecule has 0 radical (unpaired) electrons. The van der Waals surface area contributed by atoms with Gasteiger partial charge in [0.05, 0.1) is 29.0 Å². The van der Waals surface area contributed by atoms with Crippen LogP contribution in [-0.4, -0.2) is 77.0 Å². The Morgan fingerprint density at radius 3 is 2.39 bits per heavy atom. The third kappa shape index (κ3) is 8.25. The highest BCUT2D eigenvalue weighted by Gasteiger charge is 2.35. The van der Waals surface area contributed by atoms with Crippen LogP contribution in [0.4, 0.5) is 31.5 Å². The number of rotatable bonds is 5. The lowest BCUT2D eigenvalue weighted by Gasteiger charge is -2.48. The van der Waals surface area contributed by atoms with E-state index in [2.05, 4.69) is 99.2 Å². The van der Waals surface area contributed by atoms with E-state index < -0.39 is 17.6 Å². The Hall–Kier alpha value is -5.49. The number of fused-ring (bicyclic) bond motifs is 7. The van der Waals surface area contributed by atoms with Crippen LogP contribution in [0.15, 0.2) is 84.8 Å². The predicted molar refractivity (Wildman–Crippen MR) is 250 cm³/mol. The SMILES string of the molecule is C=C1CCC(c2c(F)cc(N3CCC(N4CCN(c5ccc6c(c5)N5C[C@H](C)CCCCc7c(cnn7C)-c7cc(cc(C)n7)C(=C)/N=C/5N6)CC4CC)CC3)cc2F)C(=C)N1. The van der Waals surface area contributed by atoms with Gasteiger partial charge in [0.15, 0.2) is 0 Å². The van der Waals surface area contributed by atoms with E-state index in [4.69, 9.17) is 9.98 Å². The summed E-state index contributed by atoms with van der Waals surface area (Å²) in [6.07, 6.45) is 10.5. The number of anilines is 4. The zero-order chi connectivity index (χ0) is 43.2. The molecule has 2 bridgehead atoms. The minimum absolute atomic E-state index is 0.111. The summed E-state index contributed by atoms with van der Waals surface area (Å²) in [6.45, 7) is 24.4. The molecule has 5 aliphatic heterocycles. The number of halogens is 2. The van der Waals surface area contributed by atoms with E-state index in [9.17, 15) is 0 Å². The van der Waals surface area contributed by atoms with E-state index >= 15 is 8.78 Å². The second-order valence-corrected chi connectivity index (χ2v) is 18.3. The molecule has 3 fully saturated rings. The van der Waals surface area contributed by atoms with Gasteiger partial charge in [0.25, 0.3) is 0 Å². The van der Waals surface area contributed by atoms with Crippen LogP contribution in [-0.2, 0) is 13.5 Å². The summed E-state index contributed by atoms with van der Waals surface area (Å²) in [5.41, 5.74) is 11.4. The third-order valence-electron chi connectivity index (χ3n) is 14.1. The summed E-state index contributed by atoms with van der Waals surface area (Å²) in [7, 11) is 2.03. The number of hydrogen-bond donors (Lipinski definition) is 2. The van der Waals surface area contributed by atoms with Gasteiger partial charge in [-0.1, -0.05) is 40.0 Å². The molecule has 4 aromatic rings. The Bertz CT molecular complexity index is 2390. The van der Waals surface area contributed by atoms with Crippen molar-refractivity contribution in [3.8, 4) is 11.3 Å². The number of guanidine groups is 1. The molecule has 0 aliphatic carbocycles. The van der Waals surface area contributed by atoms with Crippen molar-refractivity contribution in [2.24, 2.45) is 18.0 Å². The number of allylic oxidation sites excluding steroid dienone is 2. The first-order valence-corrected chi connectivity index (χ1v) is 22.8. The van der Waals surface area contributed by atoms with E-state index in [1.807, 2.05) is 24.9 Å². The predicted octanol–water partition coefficient (Wildman–Crippen LogP) is 9.75. The number of hydrogen-bond acceptors (Lipinski definition) is 9. The zero-order valence-corrected chi connectivity index (χ0v) is 37.0. The van der Waals surface area contributed by atoms with Gasteiger partial charge in [-0.25, -0.2) is 13.8 Å². The molecule has 0 saturated carbocycles. The molecule has 0 spiro atoms. The van der Waals surface area contributed by atoms with Crippen molar-refractivity contribution in [1.82, 2.24) is 25.0 Å². The maximum Gasteiger partial charge on any atom is 0.208 e. The second-order valence-electron chi connectivity index (χ2n) is 18.3. The van der Waals surface area contributed by atoms with Gasteiger partial charge in [0.1, 0.15) is 11.6 Å². The first-order chi connectivity index (χ1) is 29.9. The molecule has 2 unspecified atom stereocenters. The molecule has 12 heteroatoms. The van der Waals surface area contributed by atoms with Crippen LogP contribution in [0.5, 0.6) is 0 Å². The van der Waals surface area contributed by atoms with Crippen molar-refractivity contribution < 1.29 is 8.78 Å². The number of piperazine rings is 1. The molecular weight excluding hydrogens is 779 g/mol. The Morgan fingerprint density at radius 2 is 1.63 bits per heavy atom. The number of aromatic nitrogens is 3. The van der Waals surface area contributed by atoms with E-state index in [0.717, 1.165) is 130 Å². The van der Waals surface area contributed by atoms with E-state index in [1.165, 1.54) is 23.5 Å². The monoisotopic (exact) mass is 841 g/mol. The van der Waals surface area contributed by atoms with Crippen LogP contribution in [0.3, 0.4) is 0 Å². The molecule has 5 aliphatic rings. The Kier molecular flexibility index (Phi) is 11.7. The highest BCUT2D eigenvalue weighted by molar-refractivity contribution is 6.16. The average Bonchev–Trinajstić information content (AvgIpc) is 3.79. The molecule has 10 nitrogen and oxygen atoms in total. The van der Waals surface area contributed by atoms with Gasteiger partial charge in [-0.3, -0.25) is 14.6 Å². The fraction of sp³-hybridized carbons (Fsp3) is 0.460. The van der Waals surface area contributed by atoms with Gasteiger partial charge in [0, 0.05) is 115 Å². The van der Waals surface area contributed by atoms with Crippen molar-refractivity contribution in [2.75, 3.05) is 59.3 Å². The standard InChI is InChI=1S/C50H62F2N10/c1-8-37-30-60(21-22-61(37)38-17-19-59(20-18-38)40-25-43(51)49(44(52)26-40)41-15-13-32(3)54-35(41)6)39-14-16-45-48(27-39)62-29-31(2)11-9-10-12-47-42(28-53-58(47)7)46-24-36(23-33(4)55-46)34(5)56-50(62)57-45/h14,16,23-28,31,37-38,41,54H,3,5-6,8-13,15,17-22,29-30H2,1-2,4,7H3,(H,56,57)/t31-,37?,41?/m1/s1. The van der Waals surface area contributed by atoms with Gasteiger partial charge in [-0.15, -0.1) is 0 Å². The van der Waals surface area contributed by atoms with Gasteiger partial charge in [-0.2, -0.15) is 5.10 Å². The summed E-state index contributed by atoms with van der Waals surface area (Å²) < 4.78 is 33.2. The summed E-state index contributed by atoms with van der Waals surface area (Å²) in [5.74, 6) is -0.126. The van der Waals surface area contributed by atoms with Gasteiger partial charge in [-0.05, 0) is 107 Å². The lowest BCUT2D eigenvalue weighted by atomic mass is 9.87. The highest BCUT2D eigenvalue weighted by Crippen LogP contribution is 2.40. The Labute approximate surface area is 366 Å². The lowest BCUT2D eigenvalue weighted by Crippen LogP contribution is -2.58. The largest absolute Gasteiger partial charge is 0.371 e. The second kappa shape index (κ2) is 17.3. The van der Waals surface area contributed by atoms with Gasteiger partial charge in [0.2, 0.25) is 5.96 Å². The van der Waals surface area contributed by atoms with E-state index in [1.54, 1.807) is 0 Å². The number of piperidine rings is 2. The average molecular weight is 841 g/mol. The summed E-state index contributed by atoms with van der Waals surface area (Å²) in [5, 5.41) is 11.4. The van der Waals surface area contributed by atoms with Crippen LogP contribution in [0.25, 0.3) is 17.0 Å². The highest BCUT2D eigenvalue weighted by atomic mass is 19.1. The first-order valence-electron chi connectivity index (χ1n) is 22.8. The van der Waals surface area contributed by atoms with Gasteiger partial charge >= 0.3 is 0 Å². The Morgan fingerprint density at radius 1 is 0.839 bits per heavy atom. The molecule has 0 amide bonds. The van der Waals surface area contributed by atoms with Crippen LogP contribution in [0.2, 0.25) is 0 Å². The minimum atomic E-state index is -0.493. The lowest BCUT2D eigenvalue weighted by molar-refractivity contribution is 0.0979. The molecule has 2 aromatic carbocycles. The zero-order valence-electron chi connectivity index (χ0n) is 37.0. The van der Waals surface area contributed by atoms with Crippen LogP contribution in [0, 0.1) is 24.5 Å². The normalized spacial score (nSPS) is 23.7. The molecule has 9 rings (SSSR count). The smallest absolute Gasteiger partial charge is 0.208 e. The molecule has 2 aromatic heterocycles. The Balaban J connectivity index is 0.886. The number of pyridine rings is 1. The topological polar surface area (TPSA) is 80.1 Å². The van der Waals surface area contributed by atoms with Crippen molar-refractivity contribution in [3.05, 3.63) is 114 Å². The minimum Gasteiger partial charge on any atom is -0.371 e. The maximum absolute atomic E-state index is 15.6. The van der Waals surface area contributed by atoms with E-state index in [0.29, 0.717) is 47.9 Å². The summed E-state index contributed by atoms with van der Waals surface area (Å²) >= 11 is 0. The van der Waals surface area contributed by atoms with Gasteiger partial charge < -0.3 is 25.3 Å². The van der Waals surface area contributed by atoms with Crippen molar-refractivity contribution in [2.45, 2.75) is 96.6 Å². The molecule has 62 heavy (non-hydrogen) atoms. The van der Waals surface area contributed by atoms with Crippen molar-refractivity contribution in [3.63, 3.8) is 0 Å². The van der Waals surface area contributed by atoms with Crippen LogP contribution < -0.4 is 25.3 Å². The van der Waals surface area contributed by atoms with Crippen molar-refractivity contribution in [1.29, 1.82) is 0 Å². The molecule has 3 saturated heterocycles. The molecule has 7 heterocycles. The number of nitrogens with one attached hydrogen (secondary N) is 2. The quantitative estimate of drug-likeness (QED) is 0.206. The number of aryl methyl sites for hydroxylation is 2.